The van der Waals surface area contributed by atoms with Gasteiger partial charge in [0.15, 0.2) is 0 Å². The van der Waals surface area contributed by atoms with Crippen LogP contribution in [0.3, 0.4) is 0 Å². The molecule has 2 heterocycles. The Kier molecular flexibility index (Phi) is 4.54. The van der Waals surface area contributed by atoms with E-state index >= 15 is 0 Å². The predicted molar refractivity (Wildman–Crippen MR) is 80.5 cm³/mol. The highest BCUT2D eigenvalue weighted by Crippen LogP contribution is 2.18. The molecule has 0 amide bonds. The highest BCUT2D eigenvalue weighted by Gasteiger charge is 2.15. The van der Waals surface area contributed by atoms with Crippen molar-refractivity contribution in [2.75, 3.05) is 13.7 Å². The van der Waals surface area contributed by atoms with Gasteiger partial charge in [0, 0.05) is 32.5 Å². The van der Waals surface area contributed by atoms with Crippen LogP contribution in [0.25, 0.3) is 11.0 Å². The number of hydrogen-bond acceptors (Lipinski definition) is 5. The van der Waals surface area contributed by atoms with Crippen molar-refractivity contribution in [3.8, 4) is 0 Å². The quantitative estimate of drug-likeness (QED) is 0.766. The molecule has 2 aromatic heterocycles. The van der Waals surface area contributed by atoms with Gasteiger partial charge in [-0.1, -0.05) is 0 Å². The van der Waals surface area contributed by atoms with E-state index in [9.17, 15) is 9.59 Å². The monoisotopic (exact) mass is 292 g/mol. The number of ether oxygens (including phenoxy) is 1. The minimum Gasteiger partial charge on any atom is -0.385 e. The summed E-state index contributed by atoms with van der Waals surface area (Å²) in [5, 5.41) is 0.429. The Morgan fingerprint density at radius 1 is 1.33 bits per heavy atom. The van der Waals surface area contributed by atoms with E-state index in [1.807, 2.05) is 13.8 Å². The number of aryl methyl sites for hydroxylation is 3. The fraction of sp³-hybridized carbons (Fsp3) is 0.500. The molecule has 21 heavy (non-hydrogen) atoms. The summed E-state index contributed by atoms with van der Waals surface area (Å²) >= 11 is 0. The summed E-state index contributed by atoms with van der Waals surface area (Å²) in [7, 11) is 1.60. The van der Waals surface area contributed by atoms with Gasteiger partial charge in [-0.2, -0.15) is 0 Å². The second-order valence-corrected chi connectivity index (χ2v) is 4.96. The SMILES string of the molecule is COCCCn1c(=O)[nH]c(=O)c2c(C)c(CN)c(C)nc21. The van der Waals surface area contributed by atoms with Crippen LogP contribution in [0, 0.1) is 13.8 Å². The van der Waals surface area contributed by atoms with E-state index in [1.54, 1.807) is 7.11 Å². The summed E-state index contributed by atoms with van der Waals surface area (Å²) < 4.78 is 6.48. The molecule has 7 nitrogen and oxygen atoms in total. The van der Waals surface area contributed by atoms with Crippen LogP contribution in [-0.2, 0) is 17.8 Å². The Labute approximate surface area is 121 Å². The predicted octanol–water partition coefficient (Wildman–Crippen LogP) is 0.197. The van der Waals surface area contributed by atoms with Crippen LogP contribution in [0.4, 0.5) is 0 Å². The molecule has 2 rings (SSSR count). The molecule has 0 bridgehead atoms. The standard InChI is InChI=1S/C14H20N4O3/c1-8-10(7-15)9(2)16-12-11(8)13(19)17-14(20)18(12)5-4-6-21-3/h4-7,15H2,1-3H3,(H,17,19,20). The maximum Gasteiger partial charge on any atom is 0.329 e. The summed E-state index contributed by atoms with van der Waals surface area (Å²) in [6.07, 6.45) is 0.663. The zero-order chi connectivity index (χ0) is 15.6. The lowest BCUT2D eigenvalue weighted by Crippen LogP contribution is -2.32. The number of hydrogen-bond donors (Lipinski definition) is 2. The van der Waals surface area contributed by atoms with Gasteiger partial charge in [0.2, 0.25) is 0 Å². The minimum absolute atomic E-state index is 0.308. The van der Waals surface area contributed by atoms with Crippen molar-refractivity contribution in [2.45, 2.75) is 33.4 Å². The normalized spacial score (nSPS) is 11.2. The zero-order valence-corrected chi connectivity index (χ0v) is 12.5. The molecule has 7 heteroatoms. The van der Waals surface area contributed by atoms with Gasteiger partial charge in [-0.15, -0.1) is 0 Å². The smallest absolute Gasteiger partial charge is 0.329 e. The Morgan fingerprint density at radius 3 is 2.67 bits per heavy atom. The van der Waals surface area contributed by atoms with E-state index in [1.165, 1.54) is 4.57 Å². The van der Waals surface area contributed by atoms with Crippen LogP contribution in [0.1, 0.15) is 23.2 Å². The Morgan fingerprint density at radius 2 is 2.05 bits per heavy atom. The van der Waals surface area contributed by atoms with E-state index in [4.69, 9.17) is 10.5 Å². The van der Waals surface area contributed by atoms with Crippen LogP contribution in [0.2, 0.25) is 0 Å². The van der Waals surface area contributed by atoms with Gasteiger partial charge >= 0.3 is 5.69 Å². The first-order valence-electron chi connectivity index (χ1n) is 6.83. The highest BCUT2D eigenvalue weighted by molar-refractivity contribution is 5.79. The van der Waals surface area contributed by atoms with Crippen molar-refractivity contribution in [2.24, 2.45) is 5.73 Å². The number of aromatic amines is 1. The third-order valence-electron chi connectivity index (χ3n) is 3.64. The number of methoxy groups -OCH3 is 1. The Hall–Kier alpha value is -1.99. The van der Waals surface area contributed by atoms with E-state index in [2.05, 4.69) is 9.97 Å². The van der Waals surface area contributed by atoms with E-state index in [-0.39, 0.29) is 0 Å². The van der Waals surface area contributed by atoms with E-state index in [0.29, 0.717) is 37.2 Å². The Balaban J connectivity index is 2.75. The number of fused-ring (bicyclic) bond motifs is 1. The maximum atomic E-state index is 12.1. The first-order chi connectivity index (χ1) is 10.0. The topological polar surface area (TPSA) is 103 Å². The third-order valence-corrected chi connectivity index (χ3v) is 3.64. The summed E-state index contributed by atoms with van der Waals surface area (Å²) in [6.45, 7) is 4.95. The number of aromatic nitrogens is 3. The largest absolute Gasteiger partial charge is 0.385 e. The fourth-order valence-electron chi connectivity index (χ4n) is 2.54. The van der Waals surface area contributed by atoms with Crippen molar-refractivity contribution in [1.82, 2.24) is 14.5 Å². The molecule has 0 aromatic carbocycles. The minimum atomic E-state index is -0.449. The summed E-state index contributed by atoms with van der Waals surface area (Å²) in [5.74, 6) is 0. The Bertz CT molecular complexity index is 776. The molecule has 0 aliphatic carbocycles. The first-order valence-corrected chi connectivity index (χ1v) is 6.83. The highest BCUT2D eigenvalue weighted by atomic mass is 16.5. The molecule has 0 unspecified atom stereocenters. The number of nitrogens with zero attached hydrogens (tertiary/aromatic N) is 2. The number of nitrogens with one attached hydrogen (secondary N) is 1. The van der Waals surface area contributed by atoms with Gasteiger partial charge in [-0.3, -0.25) is 14.3 Å². The van der Waals surface area contributed by atoms with Crippen LogP contribution in [0.5, 0.6) is 0 Å². The average Bonchev–Trinajstić information content (AvgIpc) is 2.42. The van der Waals surface area contributed by atoms with Crippen LogP contribution < -0.4 is 17.0 Å². The van der Waals surface area contributed by atoms with Crippen molar-refractivity contribution in [3.63, 3.8) is 0 Å². The number of pyridine rings is 1. The molecule has 0 saturated carbocycles. The number of nitrogens with two attached hydrogens (primary N) is 1. The van der Waals surface area contributed by atoms with Crippen LogP contribution in [0.15, 0.2) is 9.59 Å². The van der Waals surface area contributed by atoms with Crippen molar-refractivity contribution >= 4 is 11.0 Å². The van der Waals surface area contributed by atoms with E-state index in [0.717, 1.165) is 16.8 Å². The van der Waals surface area contributed by atoms with Gasteiger partial charge in [0.25, 0.3) is 5.56 Å². The first kappa shape index (κ1) is 15.4. The molecule has 0 saturated heterocycles. The molecule has 0 aliphatic rings. The maximum absolute atomic E-state index is 12.1. The molecule has 0 atom stereocenters. The molecule has 114 valence electrons. The van der Waals surface area contributed by atoms with Crippen molar-refractivity contribution in [3.05, 3.63) is 37.7 Å². The van der Waals surface area contributed by atoms with Gasteiger partial charge in [0.1, 0.15) is 5.65 Å². The zero-order valence-electron chi connectivity index (χ0n) is 12.5. The molecular weight excluding hydrogens is 272 g/mol. The molecule has 2 aromatic rings. The lowest BCUT2D eigenvalue weighted by Gasteiger charge is -2.14. The van der Waals surface area contributed by atoms with Gasteiger partial charge < -0.3 is 10.5 Å². The summed E-state index contributed by atoms with van der Waals surface area (Å²) in [4.78, 5) is 30.9. The molecule has 0 fully saturated rings. The molecule has 0 radical (unpaired) electrons. The second kappa shape index (κ2) is 6.19. The van der Waals surface area contributed by atoms with Crippen LogP contribution >= 0.6 is 0 Å². The second-order valence-electron chi connectivity index (χ2n) is 4.96. The molecular formula is C14H20N4O3. The van der Waals surface area contributed by atoms with Gasteiger partial charge in [-0.05, 0) is 31.4 Å². The third kappa shape index (κ3) is 2.74. The summed E-state index contributed by atoms with van der Waals surface area (Å²) in [5.41, 5.74) is 7.63. The fourth-order valence-corrected chi connectivity index (χ4v) is 2.54. The molecule has 0 spiro atoms. The summed E-state index contributed by atoms with van der Waals surface area (Å²) in [6, 6.07) is 0. The average molecular weight is 292 g/mol. The molecule has 3 N–H and O–H groups in total. The van der Waals surface area contributed by atoms with Gasteiger partial charge in [-0.25, -0.2) is 9.78 Å². The van der Waals surface area contributed by atoms with Gasteiger partial charge in [0.05, 0.1) is 5.39 Å². The van der Waals surface area contributed by atoms with Crippen LogP contribution in [-0.4, -0.2) is 28.3 Å². The number of rotatable bonds is 5. The lowest BCUT2D eigenvalue weighted by molar-refractivity contribution is 0.190. The number of H-pyrrole nitrogens is 1. The molecule has 0 aliphatic heterocycles. The van der Waals surface area contributed by atoms with Crippen molar-refractivity contribution in [1.29, 1.82) is 0 Å². The van der Waals surface area contributed by atoms with Crippen molar-refractivity contribution < 1.29 is 4.74 Å². The van der Waals surface area contributed by atoms with E-state index < -0.39 is 11.2 Å². The lowest BCUT2D eigenvalue weighted by atomic mass is 10.0.